The number of aromatic amines is 1. The lowest BCUT2D eigenvalue weighted by atomic mass is 10.1. The van der Waals surface area contributed by atoms with Crippen molar-refractivity contribution in [2.45, 2.75) is 12.8 Å². The van der Waals surface area contributed by atoms with Crippen LogP contribution >= 0.6 is 0 Å². The number of fused-ring (bicyclic) bond motifs is 1. The second-order valence-electron chi connectivity index (χ2n) is 6.68. The van der Waals surface area contributed by atoms with Crippen molar-refractivity contribution in [2.75, 3.05) is 17.2 Å². The van der Waals surface area contributed by atoms with E-state index in [0.717, 1.165) is 29.9 Å². The van der Waals surface area contributed by atoms with Crippen molar-refractivity contribution in [3.63, 3.8) is 0 Å². The van der Waals surface area contributed by atoms with Gasteiger partial charge in [0, 0.05) is 23.6 Å². The molecule has 0 bridgehead atoms. The molecule has 0 aliphatic heterocycles. The molecule has 5 heteroatoms. The van der Waals surface area contributed by atoms with E-state index >= 15 is 0 Å². The van der Waals surface area contributed by atoms with Gasteiger partial charge in [-0.2, -0.15) is 0 Å². The highest BCUT2D eigenvalue weighted by atomic mass is 16.1. The summed E-state index contributed by atoms with van der Waals surface area (Å²) in [5, 5.41) is 7.47. The lowest BCUT2D eigenvalue weighted by Gasteiger charge is -2.08. The molecule has 0 aliphatic rings. The molecule has 1 amide bonds. The Bertz CT molecular complexity index is 1050. The summed E-state index contributed by atoms with van der Waals surface area (Å²) in [6.07, 6.45) is 4.99. The van der Waals surface area contributed by atoms with Crippen molar-refractivity contribution in [3.05, 3.63) is 90.3 Å². The Morgan fingerprint density at radius 2 is 1.79 bits per heavy atom. The van der Waals surface area contributed by atoms with Gasteiger partial charge >= 0.3 is 0 Å². The molecule has 5 nitrogen and oxygen atoms in total. The van der Waals surface area contributed by atoms with Crippen LogP contribution in [0.3, 0.4) is 0 Å². The molecule has 0 atom stereocenters. The highest BCUT2D eigenvalue weighted by molar-refractivity contribution is 5.92. The molecule has 3 N–H and O–H groups in total. The first kappa shape index (κ1) is 17.8. The van der Waals surface area contributed by atoms with E-state index in [0.29, 0.717) is 12.1 Å². The van der Waals surface area contributed by atoms with E-state index < -0.39 is 0 Å². The van der Waals surface area contributed by atoms with Gasteiger partial charge in [0.05, 0.1) is 18.3 Å². The van der Waals surface area contributed by atoms with Crippen LogP contribution in [0.4, 0.5) is 11.5 Å². The van der Waals surface area contributed by atoms with Crippen LogP contribution in [-0.2, 0) is 17.6 Å². The minimum atomic E-state index is -0.0481. The molecule has 4 rings (SSSR count). The number of carbonyl (C=O) groups is 1. The molecule has 4 aromatic rings. The van der Waals surface area contributed by atoms with Gasteiger partial charge in [-0.15, -0.1) is 0 Å². The fourth-order valence-electron chi connectivity index (χ4n) is 3.22. The zero-order chi connectivity index (χ0) is 19.2. The van der Waals surface area contributed by atoms with Crippen LogP contribution in [0.5, 0.6) is 0 Å². The number of hydrogen-bond donors (Lipinski definition) is 3. The number of aromatic nitrogens is 2. The highest BCUT2D eigenvalue weighted by Gasteiger charge is 2.05. The van der Waals surface area contributed by atoms with E-state index in [1.165, 1.54) is 10.9 Å². The number of nitrogens with one attached hydrogen (secondary N) is 3. The van der Waals surface area contributed by atoms with Crippen LogP contribution in [0.25, 0.3) is 10.9 Å². The molecule has 0 spiro atoms. The van der Waals surface area contributed by atoms with Gasteiger partial charge < -0.3 is 15.6 Å². The first-order valence-corrected chi connectivity index (χ1v) is 9.36. The summed E-state index contributed by atoms with van der Waals surface area (Å²) in [5.74, 6) is 0.744. The minimum absolute atomic E-state index is 0.0481. The van der Waals surface area contributed by atoms with Crippen molar-refractivity contribution in [3.8, 4) is 0 Å². The Morgan fingerprint density at radius 3 is 2.61 bits per heavy atom. The predicted octanol–water partition coefficient (Wildman–Crippen LogP) is 4.40. The number of pyridine rings is 1. The number of carbonyl (C=O) groups excluding carboxylic acids is 1. The van der Waals surface area contributed by atoms with Crippen molar-refractivity contribution in [2.24, 2.45) is 0 Å². The Morgan fingerprint density at radius 1 is 0.964 bits per heavy atom. The smallest absolute Gasteiger partial charge is 0.228 e. The SMILES string of the molecule is O=C(Cc1ccccc1)Nc1ccc(NCCc2c[nH]c3ccccc23)nc1. The monoisotopic (exact) mass is 370 g/mol. The zero-order valence-electron chi connectivity index (χ0n) is 15.5. The second kappa shape index (κ2) is 8.39. The number of hydrogen-bond acceptors (Lipinski definition) is 3. The highest BCUT2D eigenvalue weighted by Crippen LogP contribution is 2.18. The van der Waals surface area contributed by atoms with E-state index in [2.05, 4.69) is 45.0 Å². The van der Waals surface area contributed by atoms with Gasteiger partial charge in [0.1, 0.15) is 5.82 Å². The maximum Gasteiger partial charge on any atom is 0.228 e. The predicted molar refractivity (Wildman–Crippen MR) is 114 cm³/mol. The van der Waals surface area contributed by atoms with Gasteiger partial charge in [0.15, 0.2) is 0 Å². The van der Waals surface area contributed by atoms with Gasteiger partial charge in [0.2, 0.25) is 5.91 Å². The molecule has 28 heavy (non-hydrogen) atoms. The average Bonchev–Trinajstić information content (AvgIpc) is 3.13. The lowest BCUT2D eigenvalue weighted by molar-refractivity contribution is -0.115. The third kappa shape index (κ3) is 4.38. The summed E-state index contributed by atoms with van der Waals surface area (Å²) >= 11 is 0. The summed E-state index contributed by atoms with van der Waals surface area (Å²) in [4.78, 5) is 19.8. The van der Waals surface area contributed by atoms with Gasteiger partial charge in [-0.25, -0.2) is 4.98 Å². The van der Waals surface area contributed by atoms with Crippen molar-refractivity contribution in [1.29, 1.82) is 0 Å². The standard InChI is InChI=1S/C23H22N4O/c28-23(14-17-6-2-1-3-7-17)27-19-10-11-22(26-16-19)24-13-12-18-15-25-21-9-5-4-8-20(18)21/h1-11,15-16,25H,12-14H2,(H,24,26)(H,27,28). The van der Waals surface area contributed by atoms with E-state index in [1.807, 2.05) is 48.5 Å². The number of nitrogens with zero attached hydrogens (tertiary/aromatic N) is 1. The van der Waals surface area contributed by atoms with Crippen LogP contribution < -0.4 is 10.6 Å². The molecule has 0 aliphatic carbocycles. The quantitative estimate of drug-likeness (QED) is 0.452. The van der Waals surface area contributed by atoms with Crippen molar-refractivity contribution in [1.82, 2.24) is 9.97 Å². The summed E-state index contributed by atoms with van der Waals surface area (Å²) in [6.45, 7) is 0.786. The number of anilines is 2. The maximum atomic E-state index is 12.1. The van der Waals surface area contributed by atoms with Crippen LogP contribution in [0.1, 0.15) is 11.1 Å². The molecule has 2 aromatic heterocycles. The van der Waals surface area contributed by atoms with Crippen molar-refractivity contribution < 1.29 is 4.79 Å². The van der Waals surface area contributed by atoms with Crippen molar-refractivity contribution >= 4 is 28.3 Å². The summed E-state index contributed by atoms with van der Waals surface area (Å²) in [5.41, 5.74) is 4.13. The van der Waals surface area contributed by atoms with E-state index in [-0.39, 0.29) is 5.91 Å². The Hall–Kier alpha value is -3.60. The second-order valence-corrected chi connectivity index (χ2v) is 6.68. The lowest BCUT2D eigenvalue weighted by Crippen LogP contribution is -2.14. The summed E-state index contributed by atoms with van der Waals surface area (Å²) < 4.78 is 0. The van der Waals surface area contributed by atoms with Gasteiger partial charge in [-0.3, -0.25) is 4.79 Å². The van der Waals surface area contributed by atoms with E-state index in [9.17, 15) is 4.79 Å². The molecule has 0 fully saturated rings. The fraction of sp³-hybridized carbons (Fsp3) is 0.130. The Kier molecular flexibility index (Phi) is 5.33. The number of amides is 1. The van der Waals surface area contributed by atoms with Crippen LogP contribution in [0.15, 0.2) is 79.1 Å². The molecule has 0 saturated heterocycles. The molecular weight excluding hydrogens is 348 g/mol. The Labute approximate surface area is 163 Å². The first-order chi connectivity index (χ1) is 13.8. The number of H-pyrrole nitrogens is 1. The van der Waals surface area contributed by atoms with Crippen LogP contribution in [-0.4, -0.2) is 22.4 Å². The van der Waals surface area contributed by atoms with E-state index in [1.54, 1.807) is 6.20 Å². The molecule has 140 valence electrons. The summed E-state index contributed by atoms with van der Waals surface area (Å²) in [6, 6.07) is 21.7. The zero-order valence-corrected chi connectivity index (χ0v) is 15.5. The Balaban J connectivity index is 1.28. The van der Waals surface area contributed by atoms with Gasteiger partial charge in [-0.05, 0) is 35.7 Å². The van der Waals surface area contributed by atoms with Crippen LogP contribution in [0, 0.1) is 0 Å². The molecule has 0 saturated carbocycles. The number of para-hydroxylation sites is 1. The topological polar surface area (TPSA) is 69.8 Å². The maximum absolute atomic E-state index is 12.1. The molecule has 2 heterocycles. The molecule has 0 radical (unpaired) electrons. The molecule has 2 aromatic carbocycles. The summed E-state index contributed by atoms with van der Waals surface area (Å²) in [7, 11) is 0. The minimum Gasteiger partial charge on any atom is -0.370 e. The third-order valence-corrected chi connectivity index (χ3v) is 4.63. The first-order valence-electron chi connectivity index (χ1n) is 9.36. The van der Waals surface area contributed by atoms with Gasteiger partial charge in [0.25, 0.3) is 0 Å². The van der Waals surface area contributed by atoms with Crippen LogP contribution in [0.2, 0.25) is 0 Å². The number of rotatable bonds is 7. The largest absolute Gasteiger partial charge is 0.370 e. The normalized spacial score (nSPS) is 10.7. The molecular formula is C23H22N4O. The average molecular weight is 370 g/mol. The number of benzene rings is 2. The fourth-order valence-corrected chi connectivity index (χ4v) is 3.22. The third-order valence-electron chi connectivity index (χ3n) is 4.63. The van der Waals surface area contributed by atoms with Gasteiger partial charge in [-0.1, -0.05) is 48.5 Å². The molecule has 0 unspecified atom stereocenters. The van der Waals surface area contributed by atoms with E-state index in [4.69, 9.17) is 0 Å².